The molecule has 0 saturated heterocycles. The van der Waals surface area contributed by atoms with Crippen LogP contribution in [0, 0.1) is 0 Å². The van der Waals surface area contributed by atoms with Crippen molar-refractivity contribution in [1.82, 2.24) is 0 Å². The number of anilines is 1. The van der Waals surface area contributed by atoms with Crippen LogP contribution in [-0.2, 0) is 0 Å². The van der Waals surface area contributed by atoms with Crippen molar-refractivity contribution < 1.29 is 15.0 Å². The van der Waals surface area contributed by atoms with Gasteiger partial charge < -0.3 is 15.1 Å². The Labute approximate surface area is 123 Å². The first-order chi connectivity index (χ1) is 10.2. The molecular formula is C17H17NO3. The quantitative estimate of drug-likeness (QED) is 0.846. The number of aromatic hydroxyl groups is 1. The first-order valence-electron chi connectivity index (χ1n) is 7.05. The van der Waals surface area contributed by atoms with Gasteiger partial charge in [0.15, 0.2) is 0 Å². The van der Waals surface area contributed by atoms with E-state index in [1.807, 2.05) is 24.3 Å². The van der Waals surface area contributed by atoms with Crippen molar-refractivity contribution >= 4 is 11.6 Å². The number of nitrogens with zero attached hydrogens (tertiary/aromatic N) is 1. The highest BCUT2D eigenvalue weighted by molar-refractivity contribution is 6.06. The van der Waals surface area contributed by atoms with Gasteiger partial charge in [-0.25, -0.2) is 0 Å². The zero-order valence-electron chi connectivity index (χ0n) is 11.6. The van der Waals surface area contributed by atoms with Crippen molar-refractivity contribution in [3.05, 3.63) is 59.7 Å². The van der Waals surface area contributed by atoms with Crippen LogP contribution in [0.15, 0.2) is 48.5 Å². The van der Waals surface area contributed by atoms with Crippen molar-refractivity contribution in [2.75, 3.05) is 11.4 Å². The molecule has 0 aromatic heterocycles. The van der Waals surface area contributed by atoms with Crippen LogP contribution in [0.3, 0.4) is 0 Å². The molecule has 0 aliphatic carbocycles. The average molecular weight is 283 g/mol. The molecule has 0 fully saturated rings. The number of carbonyl (C=O) groups excluding carboxylic acids is 1. The third kappa shape index (κ3) is 2.62. The molecule has 1 heterocycles. The zero-order valence-corrected chi connectivity index (χ0v) is 11.6. The lowest BCUT2D eigenvalue weighted by molar-refractivity contribution is 0.0986. The van der Waals surface area contributed by atoms with E-state index in [0.717, 1.165) is 17.7 Å². The minimum Gasteiger partial charge on any atom is -0.508 e. The maximum atomic E-state index is 12.7. The first-order valence-corrected chi connectivity index (χ1v) is 7.05. The van der Waals surface area contributed by atoms with E-state index in [-0.39, 0.29) is 11.7 Å². The van der Waals surface area contributed by atoms with Gasteiger partial charge in [0.25, 0.3) is 5.91 Å². The van der Waals surface area contributed by atoms with Gasteiger partial charge in [-0.1, -0.05) is 18.2 Å². The maximum absolute atomic E-state index is 12.7. The molecule has 21 heavy (non-hydrogen) atoms. The van der Waals surface area contributed by atoms with Gasteiger partial charge in [-0.3, -0.25) is 4.79 Å². The predicted octanol–water partition coefficient (Wildman–Crippen LogP) is 2.87. The summed E-state index contributed by atoms with van der Waals surface area (Å²) in [6.45, 7) is 0.577. The van der Waals surface area contributed by atoms with Gasteiger partial charge in [0.1, 0.15) is 5.75 Å². The van der Waals surface area contributed by atoms with Crippen molar-refractivity contribution in [3.8, 4) is 5.75 Å². The smallest absolute Gasteiger partial charge is 0.258 e. The van der Waals surface area contributed by atoms with E-state index in [1.165, 1.54) is 12.1 Å². The fourth-order valence-corrected chi connectivity index (χ4v) is 2.70. The van der Waals surface area contributed by atoms with Crippen molar-refractivity contribution in [2.45, 2.75) is 18.9 Å². The second-order valence-corrected chi connectivity index (χ2v) is 5.22. The van der Waals surface area contributed by atoms with E-state index in [2.05, 4.69) is 0 Å². The SMILES string of the molecule is O=C(c1ccc(O)cc1)N1CCCC(O)c2ccccc21. The van der Waals surface area contributed by atoms with Gasteiger partial charge in [0.05, 0.1) is 6.10 Å². The summed E-state index contributed by atoms with van der Waals surface area (Å²) >= 11 is 0. The molecule has 2 aromatic rings. The summed E-state index contributed by atoms with van der Waals surface area (Å²) in [4.78, 5) is 14.4. The zero-order chi connectivity index (χ0) is 14.8. The minimum atomic E-state index is -0.529. The van der Waals surface area contributed by atoms with E-state index in [9.17, 15) is 15.0 Å². The number of benzene rings is 2. The Bertz CT molecular complexity index is 651. The van der Waals surface area contributed by atoms with Gasteiger partial charge in [-0.15, -0.1) is 0 Å². The number of phenolic OH excluding ortho intramolecular Hbond substituents is 1. The molecule has 4 heteroatoms. The number of hydrogen-bond acceptors (Lipinski definition) is 3. The third-order valence-electron chi connectivity index (χ3n) is 3.81. The molecule has 0 bridgehead atoms. The fraction of sp³-hybridized carbons (Fsp3) is 0.235. The summed E-state index contributed by atoms with van der Waals surface area (Å²) in [7, 11) is 0. The molecule has 108 valence electrons. The summed E-state index contributed by atoms with van der Waals surface area (Å²) in [6, 6.07) is 13.7. The molecular weight excluding hydrogens is 266 g/mol. The summed E-state index contributed by atoms with van der Waals surface area (Å²) in [5.41, 5.74) is 2.08. The van der Waals surface area contributed by atoms with E-state index >= 15 is 0 Å². The number of rotatable bonds is 1. The topological polar surface area (TPSA) is 60.8 Å². The van der Waals surface area contributed by atoms with Crippen LogP contribution < -0.4 is 4.90 Å². The molecule has 1 amide bonds. The number of amides is 1. The Morgan fingerprint density at radius 1 is 1.10 bits per heavy atom. The molecule has 0 radical (unpaired) electrons. The van der Waals surface area contributed by atoms with Gasteiger partial charge in [-0.2, -0.15) is 0 Å². The highest BCUT2D eigenvalue weighted by Gasteiger charge is 2.25. The van der Waals surface area contributed by atoms with E-state index in [1.54, 1.807) is 17.0 Å². The van der Waals surface area contributed by atoms with Crippen LogP contribution in [0.25, 0.3) is 0 Å². The lowest BCUT2D eigenvalue weighted by Crippen LogP contribution is -2.31. The Balaban J connectivity index is 1.99. The molecule has 1 aliphatic heterocycles. The number of fused-ring (bicyclic) bond motifs is 1. The molecule has 1 aliphatic rings. The highest BCUT2D eigenvalue weighted by atomic mass is 16.3. The lowest BCUT2D eigenvalue weighted by atomic mass is 10.0. The Morgan fingerprint density at radius 3 is 2.57 bits per heavy atom. The van der Waals surface area contributed by atoms with Crippen molar-refractivity contribution in [2.24, 2.45) is 0 Å². The van der Waals surface area contributed by atoms with Gasteiger partial charge in [0, 0.05) is 23.4 Å². The predicted molar refractivity (Wildman–Crippen MR) is 80.4 cm³/mol. The molecule has 0 saturated carbocycles. The van der Waals surface area contributed by atoms with E-state index in [4.69, 9.17) is 0 Å². The number of carbonyl (C=O) groups is 1. The normalized spacial score (nSPS) is 18.0. The Morgan fingerprint density at radius 2 is 1.81 bits per heavy atom. The molecule has 1 atom stereocenters. The van der Waals surface area contributed by atoms with Crippen LogP contribution in [0.5, 0.6) is 5.75 Å². The first kappa shape index (κ1) is 13.6. The van der Waals surface area contributed by atoms with Crippen LogP contribution in [-0.4, -0.2) is 22.7 Å². The summed E-state index contributed by atoms with van der Waals surface area (Å²) in [6.07, 6.45) is 0.870. The highest BCUT2D eigenvalue weighted by Crippen LogP contribution is 2.33. The number of para-hydroxylation sites is 1. The number of aliphatic hydroxyl groups is 1. The molecule has 1 unspecified atom stereocenters. The van der Waals surface area contributed by atoms with E-state index in [0.29, 0.717) is 18.5 Å². The lowest BCUT2D eigenvalue weighted by Gasteiger charge is -2.23. The van der Waals surface area contributed by atoms with Crippen LogP contribution in [0.1, 0.15) is 34.9 Å². The second kappa shape index (κ2) is 5.58. The largest absolute Gasteiger partial charge is 0.508 e. The van der Waals surface area contributed by atoms with E-state index < -0.39 is 6.10 Å². The number of hydrogen-bond donors (Lipinski definition) is 2. The number of phenols is 1. The molecule has 3 rings (SSSR count). The van der Waals surface area contributed by atoms with Gasteiger partial charge in [0.2, 0.25) is 0 Å². The fourth-order valence-electron chi connectivity index (χ4n) is 2.70. The standard InChI is InChI=1S/C17H17NO3/c19-13-9-7-12(8-10-13)17(21)18-11-3-6-16(20)14-4-1-2-5-15(14)18/h1-2,4-5,7-10,16,19-20H,3,6,11H2. The molecule has 2 aromatic carbocycles. The molecule has 2 N–H and O–H groups in total. The van der Waals surface area contributed by atoms with Gasteiger partial charge in [-0.05, 0) is 43.2 Å². The average Bonchev–Trinajstić information content (AvgIpc) is 2.67. The summed E-state index contributed by atoms with van der Waals surface area (Å²) in [5, 5.41) is 19.5. The monoisotopic (exact) mass is 283 g/mol. The Hall–Kier alpha value is -2.33. The molecule has 4 nitrogen and oxygen atoms in total. The summed E-state index contributed by atoms with van der Waals surface area (Å²) in [5.74, 6) is 0.0230. The molecule has 0 spiro atoms. The van der Waals surface area contributed by atoms with Crippen LogP contribution >= 0.6 is 0 Å². The second-order valence-electron chi connectivity index (χ2n) is 5.22. The van der Waals surface area contributed by atoms with Crippen LogP contribution in [0.4, 0.5) is 5.69 Å². The minimum absolute atomic E-state index is 0.114. The summed E-state index contributed by atoms with van der Waals surface area (Å²) < 4.78 is 0. The Kier molecular flexibility index (Phi) is 3.62. The third-order valence-corrected chi connectivity index (χ3v) is 3.81. The van der Waals surface area contributed by atoms with Crippen molar-refractivity contribution in [1.29, 1.82) is 0 Å². The van der Waals surface area contributed by atoms with Gasteiger partial charge >= 0.3 is 0 Å². The van der Waals surface area contributed by atoms with Crippen molar-refractivity contribution in [3.63, 3.8) is 0 Å². The van der Waals surface area contributed by atoms with Crippen LogP contribution in [0.2, 0.25) is 0 Å². The maximum Gasteiger partial charge on any atom is 0.258 e. The number of aliphatic hydroxyl groups excluding tert-OH is 1.